The lowest BCUT2D eigenvalue weighted by Gasteiger charge is -2.19. The fourth-order valence-electron chi connectivity index (χ4n) is 2.74. The highest BCUT2D eigenvalue weighted by Crippen LogP contribution is 2.50. The predicted molar refractivity (Wildman–Crippen MR) is 86.8 cm³/mol. The van der Waals surface area contributed by atoms with Gasteiger partial charge in [-0.05, 0) is 17.7 Å². The molecule has 1 aromatic heterocycles. The molecule has 3 rings (SSSR count). The summed E-state index contributed by atoms with van der Waals surface area (Å²) in [5, 5.41) is 1.94. The topological polar surface area (TPSA) is 40.6 Å². The summed E-state index contributed by atoms with van der Waals surface area (Å²) in [4.78, 5) is 4.07. The van der Waals surface area contributed by atoms with Crippen LogP contribution in [0.2, 0.25) is 0 Å². The van der Waals surface area contributed by atoms with E-state index in [1.165, 1.54) is 0 Å². The van der Waals surface area contributed by atoms with E-state index in [9.17, 15) is 0 Å². The van der Waals surface area contributed by atoms with Gasteiger partial charge in [-0.25, -0.2) is 0 Å². The van der Waals surface area contributed by atoms with Gasteiger partial charge in [0.15, 0.2) is 11.5 Å². The molecule has 0 unspecified atom stereocenters. The van der Waals surface area contributed by atoms with Gasteiger partial charge in [-0.1, -0.05) is 24.3 Å². The summed E-state index contributed by atoms with van der Waals surface area (Å²) in [6.07, 6.45) is 3.49. The van der Waals surface area contributed by atoms with Crippen LogP contribution >= 0.6 is 0 Å². The molecular weight excluding hydrogens is 278 g/mol. The van der Waals surface area contributed by atoms with Crippen molar-refractivity contribution in [3.05, 3.63) is 48.8 Å². The van der Waals surface area contributed by atoms with Gasteiger partial charge in [0.1, 0.15) is 5.75 Å². The zero-order chi connectivity index (χ0) is 15.5. The first kappa shape index (κ1) is 14.2. The van der Waals surface area contributed by atoms with Gasteiger partial charge in [0.2, 0.25) is 0 Å². The maximum Gasteiger partial charge on any atom is 0.172 e. The minimum absolute atomic E-state index is 0.657. The summed E-state index contributed by atoms with van der Waals surface area (Å²) in [5.41, 5.74) is 1.83. The quantitative estimate of drug-likeness (QED) is 0.731. The van der Waals surface area contributed by atoms with Crippen LogP contribution in [0.5, 0.6) is 17.2 Å². The molecule has 0 saturated heterocycles. The number of benzene rings is 2. The van der Waals surface area contributed by atoms with E-state index < -0.39 is 0 Å². The third-order valence-electron chi connectivity index (χ3n) is 3.66. The van der Waals surface area contributed by atoms with Crippen molar-refractivity contribution >= 4 is 10.8 Å². The smallest absolute Gasteiger partial charge is 0.172 e. The van der Waals surface area contributed by atoms with Gasteiger partial charge < -0.3 is 14.2 Å². The Morgan fingerprint density at radius 1 is 0.682 bits per heavy atom. The molecular formula is C18H17NO3. The van der Waals surface area contributed by atoms with Gasteiger partial charge in [-0.3, -0.25) is 4.98 Å². The molecule has 0 atom stereocenters. The van der Waals surface area contributed by atoms with E-state index in [2.05, 4.69) is 4.98 Å². The van der Waals surface area contributed by atoms with Gasteiger partial charge in [-0.2, -0.15) is 0 Å². The maximum absolute atomic E-state index is 5.70. The molecule has 0 aliphatic rings. The van der Waals surface area contributed by atoms with Crippen LogP contribution in [0.15, 0.2) is 48.8 Å². The van der Waals surface area contributed by atoms with Crippen LogP contribution in [-0.4, -0.2) is 26.3 Å². The van der Waals surface area contributed by atoms with Crippen molar-refractivity contribution in [2.75, 3.05) is 21.3 Å². The minimum atomic E-state index is 0.657. The zero-order valence-corrected chi connectivity index (χ0v) is 12.8. The fourth-order valence-corrected chi connectivity index (χ4v) is 2.74. The first-order valence-electron chi connectivity index (χ1n) is 6.92. The summed E-state index contributed by atoms with van der Waals surface area (Å²) in [7, 11) is 4.95. The largest absolute Gasteiger partial charge is 0.495 e. The molecule has 3 aromatic rings. The molecule has 112 valence electrons. The van der Waals surface area contributed by atoms with Gasteiger partial charge in [0, 0.05) is 23.2 Å². The van der Waals surface area contributed by atoms with Crippen LogP contribution in [0.4, 0.5) is 0 Å². The van der Waals surface area contributed by atoms with E-state index in [-0.39, 0.29) is 0 Å². The fraction of sp³-hybridized carbons (Fsp3) is 0.167. The summed E-state index contributed by atoms with van der Waals surface area (Å²) >= 11 is 0. The maximum atomic E-state index is 5.70. The minimum Gasteiger partial charge on any atom is -0.495 e. The van der Waals surface area contributed by atoms with Crippen molar-refractivity contribution in [3.63, 3.8) is 0 Å². The van der Waals surface area contributed by atoms with Crippen LogP contribution in [0, 0.1) is 0 Å². The summed E-state index contributed by atoms with van der Waals surface area (Å²) < 4.78 is 17.0. The van der Waals surface area contributed by atoms with E-state index in [0.717, 1.165) is 27.6 Å². The molecule has 0 amide bonds. The number of rotatable bonds is 4. The van der Waals surface area contributed by atoms with E-state index >= 15 is 0 Å². The van der Waals surface area contributed by atoms with Crippen LogP contribution in [0.25, 0.3) is 21.9 Å². The third kappa shape index (κ3) is 2.13. The first-order chi connectivity index (χ1) is 10.8. The molecule has 4 heteroatoms. The number of hydrogen-bond donors (Lipinski definition) is 0. The van der Waals surface area contributed by atoms with E-state index in [1.807, 2.05) is 36.4 Å². The Morgan fingerprint density at radius 3 is 1.77 bits per heavy atom. The number of methoxy groups -OCH3 is 3. The third-order valence-corrected chi connectivity index (χ3v) is 3.66. The number of aromatic nitrogens is 1. The molecule has 22 heavy (non-hydrogen) atoms. The Morgan fingerprint density at radius 2 is 1.23 bits per heavy atom. The monoisotopic (exact) mass is 295 g/mol. The molecule has 0 bridgehead atoms. The summed E-state index contributed by atoms with van der Waals surface area (Å²) in [6.45, 7) is 0. The predicted octanol–water partition coefficient (Wildman–Crippen LogP) is 3.93. The van der Waals surface area contributed by atoms with Crippen LogP contribution < -0.4 is 14.2 Å². The standard InChI is InChI=1S/C18H17NO3/c1-20-16-13-6-4-5-7-14(13)17(21-2)18(22-3)15(16)12-8-10-19-11-9-12/h4-11H,1-3H3. The molecule has 0 radical (unpaired) electrons. The molecule has 0 N–H and O–H groups in total. The highest BCUT2D eigenvalue weighted by atomic mass is 16.5. The van der Waals surface area contributed by atoms with Crippen molar-refractivity contribution in [3.8, 4) is 28.4 Å². The van der Waals surface area contributed by atoms with Crippen molar-refractivity contribution in [2.45, 2.75) is 0 Å². The number of ether oxygens (including phenoxy) is 3. The number of fused-ring (bicyclic) bond motifs is 1. The summed E-state index contributed by atoms with van der Waals surface area (Å²) in [6, 6.07) is 11.8. The Hall–Kier alpha value is -2.75. The lowest BCUT2D eigenvalue weighted by molar-refractivity contribution is 0.355. The Bertz CT molecular complexity index is 800. The second-order valence-electron chi connectivity index (χ2n) is 4.76. The Labute approximate surface area is 129 Å². The van der Waals surface area contributed by atoms with E-state index in [0.29, 0.717) is 11.5 Å². The van der Waals surface area contributed by atoms with E-state index in [1.54, 1.807) is 33.7 Å². The van der Waals surface area contributed by atoms with Gasteiger partial charge in [-0.15, -0.1) is 0 Å². The molecule has 0 fully saturated rings. The van der Waals surface area contributed by atoms with Crippen LogP contribution in [0.3, 0.4) is 0 Å². The normalized spacial score (nSPS) is 10.5. The highest BCUT2D eigenvalue weighted by Gasteiger charge is 2.22. The number of hydrogen-bond acceptors (Lipinski definition) is 4. The van der Waals surface area contributed by atoms with Crippen LogP contribution in [-0.2, 0) is 0 Å². The first-order valence-corrected chi connectivity index (χ1v) is 6.92. The molecule has 0 saturated carbocycles. The number of pyridine rings is 1. The Kier molecular flexibility index (Phi) is 3.83. The lowest BCUT2D eigenvalue weighted by atomic mass is 9.98. The second-order valence-corrected chi connectivity index (χ2v) is 4.76. The molecule has 0 aliphatic carbocycles. The van der Waals surface area contributed by atoms with E-state index in [4.69, 9.17) is 14.2 Å². The van der Waals surface area contributed by atoms with Crippen molar-refractivity contribution in [2.24, 2.45) is 0 Å². The SMILES string of the molecule is COc1c(-c2ccncc2)c(OC)c2ccccc2c1OC. The van der Waals surface area contributed by atoms with Gasteiger partial charge >= 0.3 is 0 Å². The van der Waals surface area contributed by atoms with Crippen LogP contribution in [0.1, 0.15) is 0 Å². The lowest BCUT2D eigenvalue weighted by Crippen LogP contribution is -1.99. The average molecular weight is 295 g/mol. The van der Waals surface area contributed by atoms with Crippen molar-refractivity contribution in [1.82, 2.24) is 4.98 Å². The van der Waals surface area contributed by atoms with Crippen molar-refractivity contribution < 1.29 is 14.2 Å². The average Bonchev–Trinajstić information content (AvgIpc) is 2.60. The highest BCUT2D eigenvalue weighted by molar-refractivity contribution is 6.03. The van der Waals surface area contributed by atoms with Crippen molar-refractivity contribution in [1.29, 1.82) is 0 Å². The Balaban J connectivity index is 2.49. The molecule has 1 heterocycles. The second kappa shape index (κ2) is 5.93. The molecule has 4 nitrogen and oxygen atoms in total. The molecule has 0 aliphatic heterocycles. The summed E-state index contributed by atoms with van der Waals surface area (Å²) in [5.74, 6) is 2.12. The molecule has 2 aromatic carbocycles. The molecule has 0 spiro atoms. The van der Waals surface area contributed by atoms with Gasteiger partial charge in [0.25, 0.3) is 0 Å². The number of nitrogens with zero attached hydrogens (tertiary/aromatic N) is 1. The zero-order valence-electron chi connectivity index (χ0n) is 12.8. The van der Waals surface area contributed by atoms with Gasteiger partial charge in [0.05, 0.1) is 26.9 Å².